The second kappa shape index (κ2) is 13.1. The Kier molecular flexibility index (Phi) is 12.3. The van der Waals surface area contributed by atoms with Crippen molar-refractivity contribution in [2.45, 2.75) is 53.0 Å². The van der Waals surface area contributed by atoms with E-state index >= 15 is 0 Å². The van der Waals surface area contributed by atoms with E-state index < -0.39 is 0 Å². The fourth-order valence-electron chi connectivity index (χ4n) is 2.27. The van der Waals surface area contributed by atoms with E-state index in [1.54, 1.807) is 0 Å². The van der Waals surface area contributed by atoms with Crippen molar-refractivity contribution in [3.63, 3.8) is 0 Å². The highest BCUT2D eigenvalue weighted by atomic mass is 16.2. The maximum absolute atomic E-state index is 11.3. The number of nitrogens with one attached hydrogen (secondary N) is 1. The molecule has 1 rings (SSSR count). The first-order chi connectivity index (χ1) is 11.0. The average molecular weight is 322 g/mol. The molecule has 0 aromatic heterocycles. The third-order valence-corrected chi connectivity index (χ3v) is 3.52. The van der Waals surface area contributed by atoms with Gasteiger partial charge in [0.15, 0.2) is 0 Å². The maximum Gasteiger partial charge on any atom is 0.234 e. The maximum atomic E-state index is 11.3. The lowest BCUT2D eigenvalue weighted by Gasteiger charge is -2.28. The molecule has 4 nitrogen and oxygen atoms in total. The molecule has 0 aromatic carbocycles. The molecule has 0 aromatic rings. The zero-order valence-corrected chi connectivity index (χ0v) is 15.4. The summed E-state index contributed by atoms with van der Waals surface area (Å²) in [4.78, 5) is 13.4. The van der Waals surface area contributed by atoms with E-state index in [-0.39, 0.29) is 11.9 Å². The van der Waals surface area contributed by atoms with Gasteiger partial charge >= 0.3 is 0 Å². The quantitative estimate of drug-likeness (QED) is 0.709. The topological polar surface area (TPSA) is 58.4 Å². The number of hydrogen-bond donors (Lipinski definition) is 2. The third kappa shape index (κ3) is 10.9. The van der Waals surface area contributed by atoms with Gasteiger partial charge in [0, 0.05) is 25.7 Å². The van der Waals surface area contributed by atoms with Gasteiger partial charge in [-0.25, -0.2) is 0 Å². The van der Waals surface area contributed by atoms with Gasteiger partial charge in [0.2, 0.25) is 5.91 Å². The van der Waals surface area contributed by atoms with Gasteiger partial charge in [-0.15, -0.1) is 0 Å². The summed E-state index contributed by atoms with van der Waals surface area (Å²) >= 11 is 0. The molecule has 0 spiro atoms. The van der Waals surface area contributed by atoms with E-state index in [0.717, 1.165) is 32.5 Å². The molecular formula is C19H35N3O. The van der Waals surface area contributed by atoms with Gasteiger partial charge in [0.05, 0.1) is 6.54 Å². The van der Waals surface area contributed by atoms with E-state index in [2.05, 4.69) is 42.8 Å². The summed E-state index contributed by atoms with van der Waals surface area (Å²) in [5.74, 6) is 0.0992. The van der Waals surface area contributed by atoms with Crippen LogP contribution in [0.2, 0.25) is 0 Å². The summed E-state index contributed by atoms with van der Waals surface area (Å²) in [6.45, 7) is 15.0. The predicted octanol–water partition coefficient (Wildman–Crippen LogP) is 3.02. The number of allylic oxidation sites excluding steroid dienone is 5. The Bertz CT molecular complexity index is 413. The van der Waals surface area contributed by atoms with Gasteiger partial charge in [-0.2, -0.15) is 0 Å². The van der Waals surface area contributed by atoms with Crippen LogP contribution < -0.4 is 11.1 Å². The Morgan fingerprint density at radius 1 is 1.48 bits per heavy atom. The lowest BCUT2D eigenvalue weighted by Crippen LogP contribution is -2.50. The van der Waals surface area contributed by atoms with E-state index in [1.165, 1.54) is 17.6 Å². The summed E-state index contributed by atoms with van der Waals surface area (Å²) < 4.78 is 0. The number of nitrogens with two attached hydrogens (primary N) is 1. The van der Waals surface area contributed by atoms with Crippen molar-refractivity contribution in [3.8, 4) is 0 Å². The van der Waals surface area contributed by atoms with Gasteiger partial charge in [0.25, 0.3) is 0 Å². The molecular weight excluding hydrogens is 286 g/mol. The van der Waals surface area contributed by atoms with E-state index in [1.807, 2.05) is 19.9 Å². The van der Waals surface area contributed by atoms with Crippen LogP contribution in [0.1, 0.15) is 47.0 Å². The summed E-state index contributed by atoms with van der Waals surface area (Å²) in [6, 6.07) is 0.105. The summed E-state index contributed by atoms with van der Waals surface area (Å²) in [5.41, 5.74) is 8.63. The van der Waals surface area contributed by atoms with Crippen LogP contribution in [0.3, 0.4) is 0 Å². The van der Waals surface area contributed by atoms with Crippen LogP contribution in [0.25, 0.3) is 0 Å². The van der Waals surface area contributed by atoms with Crippen LogP contribution >= 0.6 is 0 Å². The van der Waals surface area contributed by atoms with Crippen molar-refractivity contribution >= 4 is 5.91 Å². The monoisotopic (exact) mass is 321 g/mol. The lowest BCUT2D eigenvalue weighted by atomic mass is 10.0. The fourth-order valence-corrected chi connectivity index (χ4v) is 2.27. The van der Waals surface area contributed by atoms with Gasteiger partial charge in [-0.05, 0) is 26.7 Å². The van der Waals surface area contributed by atoms with E-state index in [0.29, 0.717) is 6.54 Å². The Morgan fingerprint density at radius 3 is 2.65 bits per heavy atom. The SMILES string of the molecule is C=C/C(C)=C\C(=C/C)CCC(N)CN1CCNC(=O)C1.CCC. The molecule has 0 bridgehead atoms. The zero-order chi connectivity index (χ0) is 17.7. The Balaban J connectivity index is 0.00000149. The van der Waals surface area contributed by atoms with Crippen LogP contribution in [0.4, 0.5) is 0 Å². The van der Waals surface area contributed by atoms with Crippen molar-refractivity contribution in [1.29, 1.82) is 0 Å². The first-order valence-electron chi connectivity index (χ1n) is 8.67. The van der Waals surface area contributed by atoms with Gasteiger partial charge in [-0.3, -0.25) is 9.69 Å². The molecule has 1 fully saturated rings. The molecule has 1 saturated heterocycles. The molecule has 23 heavy (non-hydrogen) atoms. The highest BCUT2D eigenvalue weighted by Gasteiger charge is 2.18. The molecule has 1 aliphatic heterocycles. The van der Waals surface area contributed by atoms with E-state index in [4.69, 9.17) is 5.73 Å². The summed E-state index contributed by atoms with van der Waals surface area (Å²) in [5, 5.41) is 2.82. The molecule has 1 atom stereocenters. The van der Waals surface area contributed by atoms with Crippen molar-refractivity contribution in [2.24, 2.45) is 5.73 Å². The van der Waals surface area contributed by atoms with Crippen LogP contribution in [0.5, 0.6) is 0 Å². The van der Waals surface area contributed by atoms with Crippen molar-refractivity contribution in [1.82, 2.24) is 10.2 Å². The summed E-state index contributed by atoms with van der Waals surface area (Å²) in [6.07, 6.45) is 9.26. The Morgan fingerprint density at radius 2 is 2.13 bits per heavy atom. The minimum Gasteiger partial charge on any atom is -0.354 e. The molecule has 1 aliphatic rings. The molecule has 0 saturated carbocycles. The molecule has 0 aliphatic carbocycles. The number of carbonyl (C=O) groups excluding carboxylic acids is 1. The second-order valence-electron chi connectivity index (χ2n) is 6.05. The van der Waals surface area contributed by atoms with Crippen molar-refractivity contribution < 1.29 is 4.79 Å². The minimum atomic E-state index is 0.0992. The Hall–Kier alpha value is -1.39. The van der Waals surface area contributed by atoms with Gasteiger partial charge < -0.3 is 11.1 Å². The molecule has 1 heterocycles. The molecule has 3 N–H and O–H groups in total. The Labute approximate surface area is 142 Å². The molecule has 1 unspecified atom stereocenters. The first-order valence-corrected chi connectivity index (χ1v) is 8.67. The number of amides is 1. The number of piperazine rings is 1. The molecule has 1 amide bonds. The first kappa shape index (κ1) is 21.6. The summed E-state index contributed by atoms with van der Waals surface area (Å²) in [7, 11) is 0. The second-order valence-corrected chi connectivity index (χ2v) is 6.05. The zero-order valence-electron chi connectivity index (χ0n) is 15.4. The highest BCUT2D eigenvalue weighted by molar-refractivity contribution is 5.78. The number of hydrogen-bond acceptors (Lipinski definition) is 3. The largest absolute Gasteiger partial charge is 0.354 e. The number of carbonyl (C=O) groups is 1. The number of nitrogens with zero attached hydrogens (tertiary/aromatic N) is 1. The fraction of sp³-hybridized carbons (Fsp3) is 0.632. The van der Waals surface area contributed by atoms with E-state index in [9.17, 15) is 4.79 Å². The minimum absolute atomic E-state index is 0.0992. The van der Waals surface area contributed by atoms with Crippen LogP contribution in [0.15, 0.2) is 36.0 Å². The predicted molar refractivity (Wildman–Crippen MR) is 100 cm³/mol. The average Bonchev–Trinajstić information content (AvgIpc) is 2.51. The normalized spacial score (nSPS) is 17.9. The van der Waals surface area contributed by atoms with Crippen molar-refractivity contribution in [3.05, 3.63) is 36.0 Å². The standard InChI is InChI=1S/C16H27N3O.C3H8/c1-4-13(3)10-14(5-2)6-7-15(17)11-19-9-8-18-16(20)12-19;1-3-2/h4-5,10,15H,1,6-9,11-12,17H2,2-3H3,(H,18,20);3H2,1-2H3/b13-10-,14-5-;. The molecule has 4 heteroatoms. The molecule has 132 valence electrons. The van der Waals surface area contributed by atoms with Crippen LogP contribution in [-0.4, -0.2) is 43.0 Å². The van der Waals surface area contributed by atoms with Gasteiger partial charge in [0.1, 0.15) is 0 Å². The molecule has 0 radical (unpaired) electrons. The van der Waals surface area contributed by atoms with Gasteiger partial charge in [-0.1, -0.05) is 56.2 Å². The smallest absolute Gasteiger partial charge is 0.234 e. The van der Waals surface area contributed by atoms with Crippen LogP contribution in [0, 0.1) is 0 Å². The van der Waals surface area contributed by atoms with Crippen LogP contribution in [-0.2, 0) is 4.79 Å². The third-order valence-electron chi connectivity index (χ3n) is 3.52. The van der Waals surface area contributed by atoms with Crippen molar-refractivity contribution in [2.75, 3.05) is 26.2 Å². The number of rotatable bonds is 7. The lowest BCUT2D eigenvalue weighted by molar-refractivity contribution is -0.124. The highest BCUT2D eigenvalue weighted by Crippen LogP contribution is 2.12.